The van der Waals surface area contributed by atoms with E-state index in [4.69, 9.17) is 9.47 Å². The average molecular weight is 460 g/mol. The molecular formula is C26H21F5O2. The summed E-state index contributed by atoms with van der Waals surface area (Å²) in [7, 11) is 1.53. The Balaban J connectivity index is 2.00. The van der Waals surface area contributed by atoms with Crippen LogP contribution >= 0.6 is 0 Å². The van der Waals surface area contributed by atoms with E-state index in [0.717, 1.165) is 18.6 Å². The Morgan fingerprint density at radius 3 is 2.30 bits per heavy atom. The van der Waals surface area contributed by atoms with Crippen LogP contribution in [0.15, 0.2) is 48.5 Å². The largest absolute Gasteiger partial charge is 0.497 e. The second kappa shape index (κ2) is 8.89. The highest BCUT2D eigenvalue weighted by Gasteiger charge is 2.26. The molecule has 0 unspecified atom stereocenters. The van der Waals surface area contributed by atoms with Gasteiger partial charge in [0.05, 0.1) is 13.5 Å². The van der Waals surface area contributed by atoms with E-state index in [2.05, 4.69) is 0 Å². The van der Waals surface area contributed by atoms with Crippen LogP contribution in [0.1, 0.15) is 36.5 Å². The number of hydrogen-bond acceptors (Lipinski definition) is 2. The number of methoxy groups -OCH3 is 1. The summed E-state index contributed by atoms with van der Waals surface area (Å²) in [5, 5.41) is 0.122. The topological polar surface area (TPSA) is 18.5 Å². The highest BCUT2D eigenvalue weighted by Crippen LogP contribution is 2.38. The Bertz CT molecular complexity index is 1310. The molecule has 3 aromatic rings. The lowest BCUT2D eigenvalue weighted by atomic mass is 9.91. The molecule has 3 aromatic carbocycles. The third kappa shape index (κ3) is 4.72. The highest BCUT2D eigenvalue weighted by atomic mass is 19.4. The number of alkyl halides is 3. The molecule has 0 spiro atoms. The predicted octanol–water partition coefficient (Wildman–Crippen LogP) is 6.01. The third-order valence-electron chi connectivity index (χ3n) is 5.46. The Labute approximate surface area is 187 Å². The zero-order valence-electron chi connectivity index (χ0n) is 18.0. The molecule has 0 atom stereocenters. The summed E-state index contributed by atoms with van der Waals surface area (Å²) in [6, 6.07) is 12.3. The number of halogens is 5. The van der Waals surface area contributed by atoms with Crippen molar-refractivity contribution in [1.29, 1.82) is 0 Å². The van der Waals surface area contributed by atoms with E-state index in [1.54, 1.807) is 30.3 Å². The third-order valence-corrected chi connectivity index (χ3v) is 5.46. The maximum Gasteiger partial charge on any atom is 0.392 e. The van der Waals surface area contributed by atoms with Gasteiger partial charge in [-0.15, -0.1) is 0 Å². The molecule has 7 heteroatoms. The van der Waals surface area contributed by atoms with Crippen molar-refractivity contribution in [3.8, 4) is 17.2 Å². The lowest BCUT2D eigenvalue weighted by Crippen LogP contribution is -2.23. The minimum Gasteiger partial charge on any atom is -0.497 e. The molecule has 172 valence electrons. The minimum atomic E-state index is -4.46. The van der Waals surface area contributed by atoms with Crippen molar-refractivity contribution in [2.45, 2.75) is 32.4 Å². The smallest absolute Gasteiger partial charge is 0.392 e. The summed E-state index contributed by atoms with van der Waals surface area (Å²) in [5.41, 5.74) is 2.10. The number of benzene rings is 3. The lowest BCUT2D eigenvalue weighted by Gasteiger charge is -2.22. The Morgan fingerprint density at radius 1 is 0.939 bits per heavy atom. The van der Waals surface area contributed by atoms with E-state index in [-0.39, 0.29) is 11.0 Å². The maximum absolute atomic E-state index is 14.8. The fourth-order valence-electron chi connectivity index (χ4n) is 3.90. The summed E-state index contributed by atoms with van der Waals surface area (Å²) in [6.45, 7) is 1.93. The van der Waals surface area contributed by atoms with Gasteiger partial charge in [-0.3, -0.25) is 0 Å². The molecule has 0 saturated carbocycles. The van der Waals surface area contributed by atoms with Crippen LogP contribution in [0.5, 0.6) is 17.2 Å². The van der Waals surface area contributed by atoms with E-state index < -0.39 is 24.2 Å². The first-order valence-electron chi connectivity index (χ1n) is 10.5. The standard InChI is InChI=1S/C26H21F5O2/c1-3-4-16-11-23-19(13-21(16)27)25(15-5-7-18(32-2)8-6-15)20-14-22(28)17(12-24(20)33-23)9-10-26(29,30)31/h5-9,11-14H,3-4,10H2,1-2H3/b17-9-. The van der Waals surface area contributed by atoms with Crippen molar-refractivity contribution >= 4 is 11.6 Å². The van der Waals surface area contributed by atoms with Gasteiger partial charge in [-0.05, 0) is 53.9 Å². The molecule has 1 heterocycles. The normalized spacial score (nSPS) is 13.4. The van der Waals surface area contributed by atoms with Crippen molar-refractivity contribution in [2.75, 3.05) is 7.11 Å². The molecule has 2 nitrogen and oxygen atoms in total. The van der Waals surface area contributed by atoms with Crippen LogP contribution in [0.4, 0.5) is 22.0 Å². The van der Waals surface area contributed by atoms with Gasteiger partial charge in [-0.25, -0.2) is 8.78 Å². The van der Waals surface area contributed by atoms with Gasteiger partial charge in [0, 0.05) is 21.6 Å². The van der Waals surface area contributed by atoms with Gasteiger partial charge in [0.1, 0.15) is 28.9 Å². The molecule has 0 fully saturated rings. The van der Waals surface area contributed by atoms with E-state index in [1.807, 2.05) is 6.92 Å². The summed E-state index contributed by atoms with van der Waals surface area (Å²) < 4.78 is 78.8. The fraction of sp³-hybridized carbons (Fsp3) is 0.231. The van der Waals surface area contributed by atoms with Gasteiger partial charge in [0.15, 0.2) is 0 Å². The van der Waals surface area contributed by atoms with Crippen molar-refractivity contribution in [3.05, 3.63) is 87.3 Å². The van der Waals surface area contributed by atoms with Gasteiger partial charge in [0.25, 0.3) is 0 Å². The SMILES string of the molecule is CCCc1cc2c(cc1F)C(c1ccc(OC)cc1)=c1cc(F)/c(=C\CC(F)(F)F)cc1O2. The first-order valence-corrected chi connectivity index (χ1v) is 10.5. The summed E-state index contributed by atoms with van der Waals surface area (Å²) in [5.74, 6) is -0.0354. The van der Waals surface area contributed by atoms with Crippen LogP contribution in [0.3, 0.4) is 0 Å². The molecule has 0 aliphatic carbocycles. The molecular weight excluding hydrogens is 439 g/mol. The number of hydrogen-bond donors (Lipinski definition) is 0. The van der Waals surface area contributed by atoms with Crippen LogP contribution in [0.25, 0.3) is 11.6 Å². The predicted molar refractivity (Wildman–Crippen MR) is 116 cm³/mol. The van der Waals surface area contributed by atoms with Crippen molar-refractivity contribution in [2.24, 2.45) is 0 Å². The van der Waals surface area contributed by atoms with Crippen LogP contribution in [0, 0.1) is 11.6 Å². The van der Waals surface area contributed by atoms with Gasteiger partial charge >= 0.3 is 6.18 Å². The first kappa shape index (κ1) is 22.8. The van der Waals surface area contributed by atoms with Crippen molar-refractivity contribution < 1.29 is 31.4 Å². The van der Waals surface area contributed by atoms with Crippen LogP contribution < -0.4 is 19.9 Å². The van der Waals surface area contributed by atoms with E-state index in [1.165, 1.54) is 19.2 Å². The molecule has 0 amide bonds. The van der Waals surface area contributed by atoms with Gasteiger partial charge < -0.3 is 9.47 Å². The number of ether oxygens (including phenoxy) is 2. The van der Waals surface area contributed by atoms with Crippen molar-refractivity contribution in [3.63, 3.8) is 0 Å². The molecule has 0 N–H and O–H groups in total. The lowest BCUT2D eigenvalue weighted by molar-refractivity contribution is -0.122. The second-order valence-corrected chi connectivity index (χ2v) is 7.79. The first-order chi connectivity index (χ1) is 15.7. The van der Waals surface area contributed by atoms with Gasteiger partial charge in [-0.2, -0.15) is 13.2 Å². The summed E-state index contributed by atoms with van der Waals surface area (Å²) in [6.07, 6.45) is -3.71. The molecule has 0 radical (unpaired) electrons. The van der Waals surface area contributed by atoms with Gasteiger partial charge in [0.2, 0.25) is 0 Å². The maximum atomic E-state index is 14.8. The van der Waals surface area contributed by atoms with E-state index >= 15 is 0 Å². The van der Waals surface area contributed by atoms with Crippen molar-refractivity contribution in [1.82, 2.24) is 0 Å². The Kier molecular flexibility index (Phi) is 6.15. The monoisotopic (exact) mass is 460 g/mol. The Hall–Kier alpha value is -3.35. The molecule has 1 aliphatic heterocycles. The fourth-order valence-corrected chi connectivity index (χ4v) is 3.90. The zero-order valence-corrected chi connectivity index (χ0v) is 18.0. The number of fused-ring (bicyclic) bond motifs is 2. The molecule has 0 saturated heterocycles. The van der Waals surface area contributed by atoms with Crippen LogP contribution in [-0.4, -0.2) is 13.3 Å². The van der Waals surface area contributed by atoms with E-state index in [9.17, 15) is 22.0 Å². The molecule has 1 aliphatic rings. The quantitative estimate of drug-likeness (QED) is 0.340. The van der Waals surface area contributed by atoms with E-state index in [0.29, 0.717) is 45.4 Å². The number of aryl methyl sites for hydroxylation is 1. The van der Waals surface area contributed by atoms with Gasteiger partial charge in [-0.1, -0.05) is 31.6 Å². The second-order valence-electron chi connectivity index (χ2n) is 7.79. The van der Waals surface area contributed by atoms with Crippen LogP contribution in [-0.2, 0) is 6.42 Å². The molecule has 0 bridgehead atoms. The van der Waals surface area contributed by atoms with Crippen LogP contribution in [0.2, 0.25) is 0 Å². The summed E-state index contributed by atoms with van der Waals surface area (Å²) >= 11 is 0. The molecule has 0 aromatic heterocycles. The zero-order chi connectivity index (χ0) is 23.8. The summed E-state index contributed by atoms with van der Waals surface area (Å²) in [4.78, 5) is 0. The minimum absolute atomic E-state index is 0.206. The number of rotatable bonds is 5. The molecule has 4 rings (SSSR count). The Morgan fingerprint density at radius 2 is 1.67 bits per heavy atom. The average Bonchev–Trinajstić information content (AvgIpc) is 2.77. The molecule has 33 heavy (non-hydrogen) atoms. The highest BCUT2D eigenvalue weighted by molar-refractivity contribution is 5.85.